The van der Waals surface area contributed by atoms with Crippen LogP contribution in [-0.2, 0) is 14.8 Å². The van der Waals surface area contributed by atoms with Crippen molar-refractivity contribution in [3.8, 4) is 0 Å². The van der Waals surface area contributed by atoms with Crippen molar-refractivity contribution in [2.75, 3.05) is 45.8 Å². The van der Waals surface area contributed by atoms with Gasteiger partial charge in [-0.1, -0.05) is 37.3 Å². The van der Waals surface area contributed by atoms with Gasteiger partial charge in [-0.25, -0.2) is 8.42 Å². The summed E-state index contributed by atoms with van der Waals surface area (Å²) >= 11 is 0. The van der Waals surface area contributed by atoms with E-state index in [0.29, 0.717) is 38.6 Å². The van der Waals surface area contributed by atoms with Gasteiger partial charge in [0.2, 0.25) is 15.9 Å². The first kappa shape index (κ1) is 20.0. The third kappa shape index (κ3) is 5.64. The molecule has 7 heteroatoms. The Balaban J connectivity index is 1.50. The Labute approximate surface area is 162 Å². The summed E-state index contributed by atoms with van der Waals surface area (Å²) < 4.78 is 26.5. The van der Waals surface area contributed by atoms with Crippen molar-refractivity contribution in [1.82, 2.24) is 14.1 Å². The first-order chi connectivity index (χ1) is 12.9. The van der Waals surface area contributed by atoms with Gasteiger partial charge < -0.3 is 4.90 Å². The van der Waals surface area contributed by atoms with Gasteiger partial charge in [-0.15, -0.1) is 0 Å². The molecular formula is C20H29N3O3S. The predicted octanol–water partition coefficient (Wildman–Crippen LogP) is 1.86. The van der Waals surface area contributed by atoms with Gasteiger partial charge in [-0.3, -0.25) is 9.69 Å². The second-order valence-corrected chi connectivity index (χ2v) is 9.34. The lowest BCUT2D eigenvalue weighted by Crippen LogP contribution is -2.52. The zero-order valence-electron chi connectivity index (χ0n) is 16.0. The number of sulfonamides is 1. The summed E-state index contributed by atoms with van der Waals surface area (Å²) in [4.78, 5) is 16.6. The molecule has 0 spiro atoms. The van der Waals surface area contributed by atoms with Crippen LogP contribution < -0.4 is 0 Å². The lowest BCUT2D eigenvalue weighted by molar-refractivity contribution is -0.134. The lowest BCUT2D eigenvalue weighted by atomic mass is 10.0. The van der Waals surface area contributed by atoms with E-state index in [9.17, 15) is 13.2 Å². The number of benzene rings is 1. The zero-order valence-corrected chi connectivity index (χ0v) is 16.8. The van der Waals surface area contributed by atoms with Crippen LogP contribution >= 0.6 is 0 Å². The maximum Gasteiger partial charge on any atom is 0.236 e. The molecule has 0 bridgehead atoms. The third-order valence-corrected chi connectivity index (χ3v) is 6.85. The van der Waals surface area contributed by atoms with Gasteiger partial charge in [0.25, 0.3) is 0 Å². The molecule has 0 radical (unpaired) electrons. The third-order valence-electron chi connectivity index (χ3n) is 5.28. The summed E-state index contributed by atoms with van der Waals surface area (Å²) in [5.41, 5.74) is 0.852. The van der Waals surface area contributed by atoms with Gasteiger partial charge in [-0.2, -0.15) is 4.31 Å². The molecule has 0 saturated carbocycles. The number of piperidine rings is 1. The highest BCUT2D eigenvalue weighted by Crippen LogP contribution is 2.16. The van der Waals surface area contributed by atoms with E-state index in [1.54, 1.807) is 11.0 Å². The fourth-order valence-corrected chi connectivity index (χ4v) is 4.90. The van der Waals surface area contributed by atoms with Crippen molar-refractivity contribution in [3.63, 3.8) is 0 Å². The van der Waals surface area contributed by atoms with Gasteiger partial charge in [0.15, 0.2) is 0 Å². The van der Waals surface area contributed by atoms with E-state index >= 15 is 0 Å². The van der Waals surface area contributed by atoms with Crippen LogP contribution in [0.2, 0.25) is 0 Å². The van der Waals surface area contributed by atoms with Crippen LogP contribution in [0.1, 0.15) is 25.3 Å². The highest BCUT2D eigenvalue weighted by atomic mass is 32.2. The lowest BCUT2D eigenvalue weighted by Gasteiger charge is -2.36. The van der Waals surface area contributed by atoms with Crippen molar-refractivity contribution in [1.29, 1.82) is 0 Å². The Morgan fingerprint density at radius 3 is 2.48 bits per heavy atom. The fourth-order valence-electron chi connectivity index (χ4n) is 3.73. The van der Waals surface area contributed by atoms with Crippen LogP contribution in [-0.4, -0.2) is 74.2 Å². The predicted molar refractivity (Wildman–Crippen MR) is 107 cm³/mol. The Morgan fingerprint density at radius 1 is 1.11 bits per heavy atom. The molecule has 6 nitrogen and oxygen atoms in total. The van der Waals surface area contributed by atoms with Crippen LogP contribution in [0.5, 0.6) is 0 Å². The maximum atomic E-state index is 12.5. The molecule has 148 valence electrons. The van der Waals surface area contributed by atoms with E-state index in [1.807, 2.05) is 30.3 Å². The number of piperazine rings is 1. The summed E-state index contributed by atoms with van der Waals surface area (Å²) in [6, 6.07) is 9.38. The number of likely N-dealkylation sites (tertiary alicyclic amines) is 1. The molecule has 2 aliphatic rings. The quantitative estimate of drug-likeness (QED) is 0.769. The summed E-state index contributed by atoms with van der Waals surface area (Å²) in [5.74, 6) is 0.755. The number of amides is 1. The molecule has 0 unspecified atom stereocenters. The van der Waals surface area contributed by atoms with Gasteiger partial charge >= 0.3 is 0 Å². The van der Waals surface area contributed by atoms with Crippen molar-refractivity contribution >= 4 is 22.0 Å². The van der Waals surface area contributed by atoms with Crippen LogP contribution in [0, 0.1) is 5.92 Å². The Kier molecular flexibility index (Phi) is 6.68. The van der Waals surface area contributed by atoms with E-state index in [-0.39, 0.29) is 5.91 Å². The molecule has 2 saturated heterocycles. The maximum absolute atomic E-state index is 12.5. The van der Waals surface area contributed by atoms with Crippen LogP contribution in [0.25, 0.3) is 6.08 Å². The summed E-state index contributed by atoms with van der Waals surface area (Å²) in [5, 5.41) is 1.26. The Hall–Kier alpha value is -1.70. The normalized spacial score (nSPS) is 23.0. The minimum Gasteiger partial charge on any atom is -0.339 e. The molecule has 2 aliphatic heterocycles. The second-order valence-electron chi connectivity index (χ2n) is 7.52. The molecule has 1 atom stereocenters. The van der Waals surface area contributed by atoms with Gasteiger partial charge in [-0.05, 0) is 36.9 Å². The summed E-state index contributed by atoms with van der Waals surface area (Å²) in [7, 11) is -3.46. The fraction of sp³-hybridized carbons (Fsp3) is 0.550. The van der Waals surface area contributed by atoms with Gasteiger partial charge in [0, 0.05) is 38.1 Å². The highest BCUT2D eigenvalue weighted by molar-refractivity contribution is 7.92. The molecule has 2 heterocycles. The van der Waals surface area contributed by atoms with Gasteiger partial charge in [0.1, 0.15) is 0 Å². The number of rotatable bonds is 5. The smallest absolute Gasteiger partial charge is 0.236 e. The van der Waals surface area contributed by atoms with E-state index < -0.39 is 10.0 Å². The molecule has 1 aromatic carbocycles. The van der Waals surface area contributed by atoms with Crippen LogP contribution in [0.4, 0.5) is 0 Å². The SMILES string of the molecule is C[C@@H]1CCCN(CC(=O)N2CCN(S(=O)(=O)/C=C/c3ccccc3)CC2)C1. The largest absolute Gasteiger partial charge is 0.339 e. The first-order valence-electron chi connectivity index (χ1n) is 9.67. The van der Waals surface area contributed by atoms with Gasteiger partial charge in [0.05, 0.1) is 6.54 Å². The van der Waals surface area contributed by atoms with Crippen LogP contribution in [0.15, 0.2) is 35.7 Å². The second kappa shape index (κ2) is 8.99. The molecule has 0 aliphatic carbocycles. The molecule has 27 heavy (non-hydrogen) atoms. The Bertz CT molecular complexity index is 756. The Morgan fingerprint density at radius 2 is 1.81 bits per heavy atom. The number of hydrogen-bond acceptors (Lipinski definition) is 4. The summed E-state index contributed by atoms with van der Waals surface area (Å²) in [6.45, 7) is 6.25. The van der Waals surface area contributed by atoms with Crippen molar-refractivity contribution < 1.29 is 13.2 Å². The molecule has 2 fully saturated rings. The van der Waals surface area contributed by atoms with Crippen molar-refractivity contribution in [2.45, 2.75) is 19.8 Å². The molecule has 1 aromatic rings. The molecule has 0 N–H and O–H groups in total. The average Bonchev–Trinajstić information content (AvgIpc) is 2.67. The van der Waals surface area contributed by atoms with E-state index in [0.717, 1.165) is 25.1 Å². The number of carbonyl (C=O) groups excluding carboxylic acids is 1. The number of carbonyl (C=O) groups is 1. The number of nitrogens with zero attached hydrogens (tertiary/aromatic N) is 3. The number of hydrogen-bond donors (Lipinski definition) is 0. The summed E-state index contributed by atoms with van der Waals surface area (Å²) in [6.07, 6.45) is 4.00. The standard InChI is InChI=1S/C20H29N3O3S/c1-18-6-5-10-21(16-18)17-20(24)22-11-13-23(14-12-22)27(25,26)15-9-19-7-3-2-4-8-19/h2-4,7-9,15,18H,5-6,10-14,16-17H2,1H3/b15-9+/t18-/m1/s1. The molecular weight excluding hydrogens is 362 g/mol. The molecule has 3 rings (SSSR count). The van der Waals surface area contributed by atoms with Crippen molar-refractivity contribution in [3.05, 3.63) is 41.3 Å². The zero-order chi connectivity index (χ0) is 19.3. The topological polar surface area (TPSA) is 60.9 Å². The highest BCUT2D eigenvalue weighted by Gasteiger charge is 2.28. The minimum atomic E-state index is -3.46. The van der Waals surface area contributed by atoms with E-state index in [4.69, 9.17) is 0 Å². The van der Waals surface area contributed by atoms with Crippen molar-refractivity contribution in [2.24, 2.45) is 5.92 Å². The van der Waals surface area contributed by atoms with E-state index in [1.165, 1.54) is 16.1 Å². The van der Waals surface area contributed by atoms with E-state index in [2.05, 4.69) is 11.8 Å². The monoisotopic (exact) mass is 391 g/mol. The first-order valence-corrected chi connectivity index (χ1v) is 11.2. The minimum absolute atomic E-state index is 0.112. The molecule has 0 aromatic heterocycles. The van der Waals surface area contributed by atoms with Crippen LogP contribution in [0.3, 0.4) is 0 Å². The average molecular weight is 392 g/mol. The molecule has 1 amide bonds.